The number of rotatable bonds is 3. The van der Waals surface area contributed by atoms with Crippen molar-refractivity contribution in [2.24, 2.45) is 5.41 Å². The molecule has 0 saturated heterocycles. The number of terminal acetylenes is 1. The molecule has 12 heavy (non-hydrogen) atoms. The van der Waals surface area contributed by atoms with E-state index in [1.54, 1.807) is 13.8 Å². The van der Waals surface area contributed by atoms with Crippen molar-refractivity contribution in [1.29, 1.82) is 5.26 Å². The van der Waals surface area contributed by atoms with Gasteiger partial charge in [-0.15, -0.1) is 6.42 Å². The standard InChI is InChI=1S/C9H11NO2/c1-4-7-12-8(11)9(2,3)5-6-10/h1H,5,7H2,2-3H3. The van der Waals surface area contributed by atoms with Gasteiger partial charge in [-0.1, -0.05) is 5.92 Å². The molecule has 0 aromatic heterocycles. The second-order valence-electron chi connectivity index (χ2n) is 3.00. The second kappa shape index (κ2) is 4.41. The fraction of sp³-hybridized carbons (Fsp3) is 0.556. The van der Waals surface area contributed by atoms with E-state index in [2.05, 4.69) is 10.7 Å². The number of hydrogen-bond acceptors (Lipinski definition) is 3. The van der Waals surface area contributed by atoms with Crippen LogP contribution in [0, 0.1) is 29.1 Å². The molecule has 0 aliphatic rings. The SMILES string of the molecule is C#CCOC(=O)C(C)(C)CC#N. The van der Waals surface area contributed by atoms with E-state index in [0.29, 0.717) is 0 Å². The van der Waals surface area contributed by atoms with Crippen LogP contribution in [0.2, 0.25) is 0 Å². The third kappa shape index (κ3) is 3.07. The summed E-state index contributed by atoms with van der Waals surface area (Å²) in [6.45, 7) is 3.26. The molecule has 0 rings (SSSR count). The lowest BCUT2D eigenvalue weighted by molar-refractivity contribution is -0.152. The van der Waals surface area contributed by atoms with E-state index in [-0.39, 0.29) is 13.0 Å². The summed E-state index contributed by atoms with van der Waals surface area (Å²) < 4.78 is 4.68. The molecule has 3 nitrogen and oxygen atoms in total. The molecule has 0 aromatic rings. The molecule has 0 aliphatic carbocycles. The van der Waals surface area contributed by atoms with Crippen LogP contribution >= 0.6 is 0 Å². The lowest BCUT2D eigenvalue weighted by Gasteiger charge is -2.17. The van der Waals surface area contributed by atoms with Gasteiger partial charge in [-0.05, 0) is 13.8 Å². The van der Waals surface area contributed by atoms with Gasteiger partial charge in [-0.2, -0.15) is 5.26 Å². The van der Waals surface area contributed by atoms with Crippen molar-refractivity contribution in [3.8, 4) is 18.4 Å². The quantitative estimate of drug-likeness (QED) is 0.465. The zero-order valence-corrected chi connectivity index (χ0v) is 7.26. The first-order chi connectivity index (χ1) is 5.54. The minimum atomic E-state index is -0.758. The molecule has 0 spiro atoms. The van der Waals surface area contributed by atoms with Gasteiger partial charge in [0.1, 0.15) is 0 Å². The van der Waals surface area contributed by atoms with Crippen LogP contribution in [0.1, 0.15) is 20.3 Å². The Morgan fingerprint density at radius 3 is 2.67 bits per heavy atom. The zero-order chi connectivity index (χ0) is 9.61. The number of carbonyl (C=O) groups is 1. The molecule has 0 N–H and O–H groups in total. The monoisotopic (exact) mass is 165 g/mol. The largest absolute Gasteiger partial charge is 0.452 e. The summed E-state index contributed by atoms with van der Waals surface area (Å²) in [5, 5.41) is 8.38. The normalized spacial score (nSPS) is 9.67. The van der Waals surface area contributed by atoms with Crippen LogP contribution in [-0.2, 0) is 9.53 Å². The van der Waals surface area contributed by atoms with E-state index >= 15 is 0 Å². The summed E-state index contributed by atoms with van der Waals surface area (Å²) in [6, 6.07) is 1.91. The molecule has 0 saturated carbocycles. The lowest BCUT2D eigenvalue weighted by atomic mass is 9.90. The van der Waals surface area contributed by atoms with E-state index < -0.39 is 11.4 Å². The predicted molar refractivity (Wildman–Crippen MR) is 43.8 cm³/mol. The highest BCUT2D eigenvalue weighted by Gasteiger charge is 2.28. The van der Waals surface area contributed by atoms with Crippen molar-refractivity contribution in [2.45, 2.75) is 20.3 Å². The third-order valence-corrected chi connectivity index (χ3v) is 1.36. The molecule has 0 fully saturated rings. The van der Waals surface area contributed by atoms with Gasteiger partial charge >= 0.3 is 5.97 Å². The predicted octanol–water partition coefficient (Wildman–Crippen LogP) is 1.10. The van der Waals surface area contributed by atoms with E-state index in [0.717, 1.165) is 0 Å². The third-order valence-electron chi connectivity index (χ3n) is 1.36. The minimum Gasteiger partial charge on any atom is -0.452 e. The molecule has 0 bridgehead atoms. The van der Waals surface area contributed by atoms with Gasteiger partial charge < -0.3 is 4.74 Å². The van der Waals surface area contributed by atoms with Gasteiger partial charge in [-0.25, -0.2) is 0 Å². The van der Waals surface area contributed by atoms with Crippen LogP contribution in [0.15, 0.2) is 0 Å². The Balaban J connectivity index is 4.10. The number of carbonyl (C=O) groups excluding carboxylic acids is 1. The summed E-state index contributed by atoms with van der Waals surface area (Å²) in [7, 11) is 0. The average Bonchev–Trinajstić information content (AvgIpc) is 2.00. The van der Waals surface area contributed by atoms with Gasteiger partial charge in [0.05, 0.1) is 17.9 Å². The van der Waals surface area contributed by atoms with Crippen molar-refractivity contribution >= 4 is 5.97 Å². The smallest absolute Gasteiger partial charge is 0.313 e. The fourth-order valence-electron chi connectivity index (χ4n) is 0.572. The Kier molecular flexibility index (Phi) is 3.86. The Bertz CT molecular complexity index is 242. The number of ether oxygens (including phenoxy) is 1. The molecular weight excluding hydrogens is 154 g/mol. The van der Waals surface area contributed by atoms with Gasteiger partial charge in [0.15, 0.2) is 6.61 Å². The molecule has 0 heterocycles. The van der Waals surface area contributed by atoms with Crippen molar-refractivity contribution in [3.05, 3.63) is 0 Å². The number of hydrogen-bond donors (Lipinski definition) is 0. The van der Waals surface area contributed by atoms with Crippen LogP contribution in [0.5, 0.6) is 0 Å². The average molecular weight is 165 g/mol. The summed E-state index contributed by atoms with van der Waals surface area (Å²) in [5.41, 5.74) is -0.758. The molecular formula is C9H11NO2. The first kappa shape index (κ1) is 10.5. The molecule has 0 unspecified atom stereocenters. The number of nitrogens with zero attached hydrogens (tertiary/aromatic N) is 1. The Hall–Kier alpha value is -1.48. The lowest BCUT2D eigenvalue weighted by Crippen LogP contribution is -2.26. The maximum absolute atomic E-state index is 11.1. The molecule has 0 aromatic carbocycles. The van der Waals surface area contributed by atoms with Crippen LogP contribution in [0.3, 0.4) is 0 Å². The number of nitriles is 1. The van der Waals surface area contributed by atoms with E-state index in [9.17, 15) is 4.79 Å². The zero-order valence-electron chi connectivity index (χ0n) is 7.26. The fourth-order valence-corrected chi connectivity index (χ4v) is 0.572. The maximum atomic E-state index is 11.1. The summed E-state index contributed by atoms with van der Waals surface area (Å²) in [5.74, 6) is 1.76. The van der Waals surface area contributed by atoms with Crippen molar-refractivity contribution in [3.63, 3.8) is 0 Å². The molecule has 0 radical (unpaired) electrons. The maximum Gasteiger partial charge on any atom is 0.313 e. The van der Waals surface area contributed by atoms with E-state index in [1.165, 1.54) is 0 Å². The molecule has 0 aliphatic heterocycles. The first-order valence-corrected chi connectivity index (χ1v) is 3.52. The molecule has 3 heteroatoms. The van der Waals surface area contributed by atoms with Crippen LogP contribution in [-0.4, -0.2) is 12.6 Å². The van der Waals surface area contributed by atoms with Crippen LogP contribution < -0.4 is 0 Å². The number of esters is 1. The van der Waals surface area contributed by atoms with Crippen molar-refractivity contribution in [1.82, 2.24) is 0 Å². The Morgan fingerprint density at radius 2 is 2.25 bits per heavy atom. The van der Waals surface area contributed by atoms with Gasteiger partial charge in [-0.3, -0.25) is 4.79 Å². The van der Waals surface area contributed by atoms with Gasteiger partial charge in [0.2, 0.25) is 0 Å². The highest BCUT2D eigenvalue weighted by Crippen LogP contribution is 2.21. The highest BCUT2D eigenvalue weighted by molar-refractivity contribution is 5.76. The molecule has 0 amide bonds. The Labute approximate surface area is 72.3 Å². The highest BCUT2D eigenvalue weighted by atomic mass is 16.5. The Morgan fingerprint density at radius 1 is 1.67 bits per heavy atom. The van der Waals surface area contributed by atoms with Crippen molar-refractivity contribution < 1.29 is 9.53 Å². The van der Waals surface area contributed by atoms with Gasteiger partial charge in [0, 0.05) is 0 Å². The molecule has 64 valence electrons. The summed E-state index contributed by atoms with van der Waals surface area (Å²) in [4.78, 5) is 11.1. The molecule has 0 atom stereocenters. The second-order valence-corrected chi connectivity index (χ2v) is 3.00. The summed E-state index contributed by atoms with van der Waals surface area (Å²) in [6.07, 6.45) is 5.04. The first-order valence-electron chi connectivity index (χ1n) is 3.52. The topological polar surface area (TPSA) is 50.1 Å². The minimum absolute atomic E-state index is 0.0340. The van der Waals surface area contributed by atoms with Gasteiger partial charge in [0.25, 0.3) is 0 Å². The van der Waals surface area contributed by atoms with E-state index in [1.807, 2.05) is 6.07 Å². The summed E-state index contributed by atoms with van der Waals surface area (Å²) >= 11 is 0. The van der Waals surface area contributed by atoms with Crippen LogP contribution in [0.4, 0.5) is 0 Å². The van der Waals surface area contributed by atoms with Crippen LogP contribution in [0.25, 0.3) is 0 Å². The van der Waals surface area contributed by atoms with E-state index in [4.69, 9.17) is 11.7 Å². The van der Waals surface area contributed by atoms with Crippen molar-refractivity contribution in [2.75, 3.05) is 6.61 Å².